The standard InChI is InChI=1S/C5H11N.CH3.Re.Y/c1-4-5-6(2)3;;;/h4H,2,5H2,1,3H3;1H3;;/q-2;-1;;. The van der Waals surface area contributed by atoms with E-state index < -0.39 is 0 Å². The van der Waals surface area contributed by atoms with Crippen LogP contribution in [-0.4, -0.2) is 18.5 Å². The van der Waals surface area contributed by atoms with Gasteiger partial charge in [-0.25, -0.2) is 0 Å². The van der Waals surface area contributed by atoms with Crippen LogP contribution in [0.4, 0.5) is 0 Å². The van der Waals surface area contributed by atoms with Crippen LogP contribution in [0.2, 0.25) is 0 Å². The molecule has 1 nitrogen and oxygen atoms in total. The molecule has 2 radical (unpaired) electrons. The minimum absolute atomic E-state index is 0. The molecule has 0 aliphatic carbocycles. The average Bonchev–Trinajstić information content (AvgIpc) is 1.35. The van der Waals surface area contributed by atoms with Gasteiger partial charge in [0.15, 0.2) is 0 Å². The third-order valence-corrected chi connectivity index (χ3v) is 0.494. The maximum absolute atomic E-state index is 3.63. The van der Waals surface area contributed by atoms with Gasteiger partial charge in [0, 0.05) is 53.1 Å². The van der Waals surface area contributed by atoms with Crippen molar-refractivity contribution in [2.75, 3.05) is 13.6 Å². The summed E-state index contributed by atoms with van der Waals surface area (Å²) >= 11 is 0. The van der Waals surface area contributed by atoms with Crippen LogP contribution in [0, 0.1) is 20.9 Å². The summed E-state index contributed by atoms with van der Waals surface area (Å²) in [6.45, 7) is 2.99. The zero-order valence-corrected chi connectivity index (χ0v) is 11.9. The van der Waals surface area contributed by atoms with Crippen LogP contribution in [0.15, 0.2) is 0 Å². The summed E-state index contributed by atoms with van der Waals surface area (Å²) in [4.78, 5) is 1.88. The topological polar surface area (TPSA) is 3.24 Å². The normalized spacial score (nSPS) is 6.67. The van der Waals surface area contributed by atoms with Crippen LogP contribution < -0.4 is 0 Å². The van der Waals surface area contributed by atoms with Gasteiger partial charge in [0.1, 0.15) is 0 Å². The van der Waals surface area contributed by atoms with Crippen molar-refractivity contribution in [3.05, 3.63) is 20.9 Å². The smallest absolute Gasteiger partial charge is 0 e. The van der Waals surface area contributed by atoms with Gasteiger partial charge in [-0.15, -0.1) is 0 Å². The van der Waals surface area contributed by atoms with Crippen LogP contribution in [0.1, 0.15) is 6.92 Å². The van der Waals surface area contributed by atoms with E-state index in [4.69, 9.17) is 0 Å². The molecule has 0 aliphatic heterocycles. The Hall–Kier alpha value is 1.73. The third-order valence-electron chi connectivity index (χ3n) is 0.494. The van der Waals surface area contributed by atoms with Gasteiger partial charge in [-0.2, -0.15) is 13.5 Å². The Bertz CT molecular complexity index is 34.2. The van der Waals surface area contributed by atoms with Gasteiger partial charge in [0.05, 0.1) is 0 Å². The maximum Gasteiger partial charge on any atom is 0 e. The first-order valence-corrected chi connectivity index (χ1v) is 2.07. The van der Waals surface area contributed by atoms with Gasteiger partial charge in [-0.1, -0.05) is 0 Å². The summed E-state index contributed by atoms with van der Waals surface area (Å²) in [7, 11) is 5.57. The SMILES string of the molecule is [CH2-]N(C)C[CH-]C.[CH3-].[Re].[Y]. The molecule has 0 fully saturated rings. The van der Waals surface area contributed by atoms with E-state index in [2.05, 4.69) is 13.5 Å². The number of hydrogen-bond donors (Lipinski definition) is 0. The number of rotatable bonds is 2. The maximum atomic E-state index is 3.63. The van der Waals surface area contributed by atoms with Crippen molar-refractivity contribution in [1.29, 1.82) is 0 Å². The van der Waals surface area contributed by atoms with Crippen molar-refractivity contribution in [3.8, 4) is 0 Å². The molecule has 0 aromatic rings. The van der Waals surface area contributed by atoms with Crippen LogP contribution in [0.5, 0.6) is 0 Å². The molecule has 0 heterocycles. The Balaban J connectivity index is -0.0000000417. The van der Waals surface area contributed by atoms with E-state index in [-0.39, 0.29) is 60.6 Å². The molecule has 3 heteroatoms. The van der Waals surface area contributed by atoms with Crippen LogP contribution in [0.3, 0.4) is 0 Å². The second-order valence-corrected chi connectivity index (χ2v) is 1.45. The molecule has 0 rings (SSSR count). The molecular formula is C6H14NReY-3. The van der Waals surface area contributed by atoms with Crippen LogP contribution in [-0.2, 0) is 53.1 Å². The Morgan fingerprint density at radius 3 is 1.89 bits per heavy atom. The number of nitrogens with zero attached hydrogens (tertiary/aromatic N) is 1. The first-order chi connectivity index (χ1) is 2.77. The predicted octanol–water partition coefficient (Wildman–Crippen LogP) is 1.38. The van der Waals surface area contributed by atoms with E-state index in [0.717, 1.165) is 6.54 Å². The molecule has 0 aliphatic rings. The fraction of sp³-hybridized carbons (Fsp3) is 0.500. The third kappa shape index (κ3) is 26.0. The molecule has 0 amide bonds. The van der Waals surface area contributed by atoms with Crippen molar-refractivity contribution in [1.82, 2.24) is 4.90 Å². The first kappa shape index (κ1) is 22.4. The molecule has 0 N–H and O–H groups in total. The summed E-state index contributed by atoms with van der Waals surface area (Å²) in [6, 6.07) is 0. The van der Waals surface area contributed by atoms with Crippen molar-refractivity contribution in [2.45, 2.75) is 6.92 Å². The van der Waals surface area contributed by atoms with E-state index >= 15 is 0 Å². The van der Waals surface area contributed by atoms with Gasteiger partial charge in [0.25, 0.3) is 0 Å². The summed E-state index contributed by atoms with van der Waals surface area (Å²) in [5, 5.41) is 0. The minimum Gasteiger partial charge on any atom is -0.487 e. The van der Waals surface area contributed by atoms with Gasteiger partial charge in [0.2, 0.25) is 0 Å². The molecule has 0 saturated heterocycles. The summed E-state index contributed by atoms with van der Waals surface area (Å²) in [5.74, 6) is 0. The minimum atomic E-state index is 0. The Labute approximate surface area is 98.5 Å². The van der Waals surface area contributed by atoms with E-state index in [0.29, 0.717) is 0 Å². The van der Waals surface area contributed by atoms with Gasteiger partial charge in [-0.05, 0) is 7.05 Å². The van der Waals surface area contributed by atoms with Crippen molar-refractivity contribution < 1.29 is 53.1 Å². The summed E-state index contributed by atoms with van der Waals surface area (Å²) < 4.78 is 0. The van der Waals surface area contributed by atoms with Crippen molar-refractivity contribution in [3.63, 3.8) is 0 Å². The predicted molar refractivity (Wildman–Crippen MR) is 34.4 cm³/mol. The molecule has 0 aromatic carbocycles. The molecule has 0 saturated carbocycles. The fourth-order valence-electron chi connectivity index (χ4n) is 0.312. The molecule has 0 unspecified atom stereocenters. The first-order valence-electron chi connectivity index (χ1n) is 2.07. The molecule has 0 bridgehead atoms. The average molecular weight is 375 g/mol. The van der Waals surface area contributed by atoms with Crippen molar-refractivity contribution >= 4 is 0 Å². The Morgan fingerprint density at radius 2 is 1.89 bits per heavy atom. The largest absolute Gasteiger partial charge is 0.487 e. The second-order valence-electron chi connectivity index (χ2n) is 1.45. The van der Waals surface area contributed by atoms with E-state index in [9.17, 15) is 0 Å². The van der Waals surface area contributed by atoms with E-state index in [1.54, 1.807) is 0 Å². The Morgan fingerprint density at radius 1 is 1.56 bits per heavy atom. The zero-order valence-electron chi connectivity index (χ0n) is 6.39. The van der Waals surface area contributed by atoms with E-state index in [1.807, 2.05) is 18.9 Å². The molecular weight excluding hydrogens is 361 g/mol. The zero-order chi connectivity index (χ0) is 4.99. The van der Waals surface area contributed by atoms with Crippen LogP contribution in [0.25, 0.3) is 0 Å². The molecule has 56 valence electrons. The van der Waals surface area contributed by atoms with Crippen molar-refractivity contribution in [2.24, 2.45) is 0 Å². The van der Waals surface area contributed by atoms with Gasteiger partial charge >= 0.3 is 0 Å². The quantitative estimate of drug-likeness (QED) is 0.660. The Kier molecular flexibility index (Phi) is 40.8. The molecule has 0 atom stereocenters. The summed E-state index contributed by atoms with van der Waals surface area (Å²) in [5.41, 5.74) is 0. The molecule has 0 spiro atoms. The van der Waals surface area contributed by atoms with Gasteiger partial charge in [-0.3, -0.25) is 7.05 Å². The monoisotopic (exact) mass is 376 g/mol. The van der Waals surface area contributed by atoms with Gasteiger partial charge < -0.3 is 18.7 Å². The second kappa shape index (κ2) is 16.4. The number of hydrogen-bond acceptors (Lipinski definition) is 1. The van der Waals surface area contributed by atoms with E-state index in [1.165, 1.54) is 0 Å². The molecule has 0 aromatic heterocycles. The fourth-order valence-corrected chi connectivity index (χ4v) is 0.312. The molecule has 9 heavy (non-hydrogen) atoms. The van der Waals surface area contributed by atoms with Crippen LogP contribution >= 0.6 is 0 Å². The summed E-state index contributed by atoms with van der Waals surface area (Å²) in [6.07, 6.45) is 2.06.